The number of rotatable bonds is 8. The number of methoxy groups -OCH3 is 1. The van der Waals surface area contributed by atoms with Crippen LogP contribution < -0.4 is 11.1 Å². The normalized spacial score (nSPS) is 10.5. The first-order valence-electron chi connectivity index (χ1n) is 5.65. The van der Waals surface area contributed by atoms with E-state index in [-0.39, 0.29) is 5.91 Å². The summed E-state index contributed by atoms with van der Waals surface area (Å²) in [4.78, 5) is 15.9. The highest BCUT2D eigenvalue weighted by Gasteiger charge is 2.06. The number of thiazole rings is 1. The second kappa shape index (κ2) is 8.16. The zero-order chi connectivity index (χ0) is 12.5. The summed E-state index contributed by atoms with van der Waals surface area (Å²) in [6.45, 7) is 1.75. The van der Waals surface area contributed by atoms with E-state index in [1.165, 1.54) is 0 Å². The van der Waals surface area contributed by atoms with Gasteiger partial charge in [0.15, 0.2) is 0 Å². The number of carbonyl (C=O) groups is 1. The number of ether oxygens (including phenoxy) is 1. The maximum atomic E-state index is 11.5. The number of hydrogen-bond acceptors (Lipinski definition) is 5. The number of amides is 1. The molecule has 0 saturated carbocycles. The van der Waals surface area contributed by atoms with E-state index < -0.39 is 0 Å². The number of nitrogens with zero attached hydrogens (tertiary/aromatic N) is 1. The van der Waals surface area contributed by atoms with E-state index in [1.807, 2.05) is 5.38 Å². The summed E-state index contributed by atoms with van der Waals surface area (Å²) in [6, 6.07) is 0. The lowest BCUT2D eigenvalue weighted by Crippen LogP contribution is -2.28. The number of hydrogen-bond donors (Lipinski definition) is 2. The highest BCUT2D eigenvalue weighted by Crippen LogP contribution is 2.11. The summed E-state index contributed by atoms with van der Waals surface area (Å²) in [5.41, 5.74) is 6.26. The molecular weight excluding hydrogens is 238 g/mol. The van der Waals surface area contributed by atoms with Gasteiger partial charge in [-0.15, -0.1) is 11.3 Å². The average Bonchev–Trinajstić information content (AvgIpc) is 2.74. The van der Waals surface area contributed by atoms with E-state index in [0.29, 0.717) is 26.1 Å². The largest absolute Gasteiger partial charge is 0.383 e. The Labute approximate surface area is 105 Å². The van der Waals surface area contributed by atoms with Gasteiger partial charge in [-0.2, -0.15) is 0 Å². The molecule has 1 aromatic rings. The number of aromatic nitrogens is 1. The molecular formula is C11H19N3O2S. The first-order chi connectivity index (χ1) is 8.26. The summed E-state index contributed by atoms with van der Waals surface area (Å²) in [5.74, 6) is -0.0160. The van der Waals surface area contributed by atoms with Gasteiger partial charge in [0, 0.05) is 25.5 Å². The van der Waals surface area contributed by atoms with Crippen molar-refractivity contribution in [1.29, 1.82) is 0 Å². The van der Waals surface area contributed by atoms with E-state index in [9.17, 15) is 4.79 Å². The predicted octanol–water partition coefficient (Wildman–Crippen LogP) is 0.339. The number of aryl methyl sites for hydroxylation is 1. The highest BCUT2D eigenvalue weighted by atomic mass is 32.1. The molecule has 1 amide bonds. The zero-order valence-electron chi connectivity index (χ0n) is 10.1. The SMILES string of the molecule is COCCNC(=O)Cc1csc(CCCN)n1. The molecule has 96 valence electrons. The van der Waals surface area contributed by atoms with Gasteiger partial charge in [0.25, 0.3) is 0 Å². The van der Waals surface area contributed by atoms with Crippen LogP contribution in [0.5, 0.6) is 0 Å². The lowest BCUT2D eigenvalue weighted by atomic mass is 10.3. The van der Waals surface area contributed by atoms with E-state index in [2.05, 4.69) is 10.3 Å². The molecule has 0 radical (unpaired) electrons. The predicted molar refractivity (Wildman–Crippen MR) is 68.1 cm³/mol. The van der Waals surface area contributed by atoms with Crippen molar-refractivity contribution in [3.63, 3.8) is 0 Å². The topological polar surface area (TPSA) is 77.2 Å². The fraction of sp³-hybridized carbons (Fsp3) is 0.636. The second-order valence-electron chi connectivity index (χ2n) is 3.64. The van der Waals surface area contributed by atoms with Gasteiger partial charge >= 0.3 is 0 Å². The summed E-state index contributed by atoms with van der Waals surface area (Å²) in [7, 11) is 1.61. The Hall–Kier alpha value is -0.980. The molecule has 0 unspecified atom stereocenters. The van der Waals surface area contributed by atoms with Crippen LogP contribution in [0.4, 0.5) is 0 Å². The summed E-state index contributed by atoms with van der Waals surface area (Å²) >= 11 is 1.59. The summed E-state index contributed by atoms with van der Waals surface area (Å²) < 4.78 is 4.85. The Morgan fingerprint density at radius 2 is 2.47 bits per heavy atom. The molecule has 0 aliphatic rings. The molecule has 0 aromatic carbocycles. The van der Waals surface area contributed by atoms with Crippen LogP contribution in [-0.4, -0.2) is 37.7 Å². The van der Waals surface area contributed by atoms with Crippen LogP contribution in [-0.2, 0) is 22.4 Å². The van der Waals surface area contributed by atoms with Crippen LogP contribution in [0, 0.1) is 0 Å². The third-order valence-electron chi connectivity index (χ3n) is 2.16. The van der Waals surface area contributed by atoms with Crippen molar-refractivity contribution in [2.75, 3.05) is 26.8 Å². The van der Waals surface area contributed by atoms with Crippen LogP contribution in [0.2, 0.25) is 0 Å². The van der Waals surface area contributed by atoms with Crippen LogP contribution >= 0.6 is 11.3 Å². The minimum atomic E-state index is -0.0160. The van der Waals surface area contributed by atoms with Crippen molar-refractivity contribution < 1.29 is 9.53 Å². The fourth-order valence-electron chi connectivity index (χ4n) is 1.32. The second-order valence-corrected chi connectivity index (χ2v) is 4.59. The van der Waals surface area contributed by atoms with Crippen LogP contribution in [0.1, 0.15) is 17.1 Å². The van der Waals surface area contributed by atoms with Crippen LogP contribution in [0.3, 0.4) is 0 Å². The molecule has 0 fully saturated rings. The van der Waals surface area contributed by atoms with Gasteiger partial charge in [-0.05, 0) is 13.0 Å². The number of nitrogens with one attached hydrogen (secondary N) is 1. The van der Waals surface area contributed by atoms with Gasteiger partial charge in [-0.1, -0.05) is 0 Å². The molecule has 0 aliphatic heterocycles. The Bertz CT molecular complexity index is 341. The van der Waals surface area contributed by atoms with Crippen molar-refractivity contribution in [3.05, 3.63) is 16.1 Å². The van der Waals surface area contributed by atoms with Gasteiger partial charge in [-0.25, -0.2) is 4.98 Å². The third kappa shape index (κ3) is 5.76. The lowest BCUT2D eigenvalue weighted by Gasteiger charge is -2.02. The maximum Gasteiger partial charge on any atom is 0.226 e. The zero-order valence-corrected chi connectivity index (χ0v) is 10.9. The van der Waals surface area contributed by atoms with Crippen LogP contribution in [0.25, 0.3) is 0 Å². The summed E-state index contributed by atoms with van der Waals surface area (Å²) in [5, 5.41) is 5.75. The molecule has 1 heterocycles. The lowest BCUT2D eigenvalue weighted by molar-refractivity contribution is -0.120. The molecule has 17 heavy (non-hydrogen) atoms. The Morgan fingerprint density at radius 1 is 1.65 bits per heavy atom. The van der Waals surface area contributed by atoms with E-state index in [4.69, 9.17) is 10.5 Å². The molecule has 0 saturated heterocycles. The first kappa shape index (κ1) is 14.1. The minimum Gasteiger partial charge on any atom is -0.383 e. The summed E-state index contributed by atoms with van der Waals surface area (Å²) in [6.07, 6.45) is 2.17. The molecule has 1 aromatic heterocycles. The Kier molecular flexibility index (Phi) is 6.76. The molecule has 0 spiro atoms. The quantitative estimate of drug-likeness (QED) is 0.658. The van der Waals surface area contributed by atoms with E-state index in [1.54, 1.807) is 18.4 Å². The van der Waals surface area contributed by atoms with Gasteiger partial charge in [0.1, 0.15) is 0 Å². The smallest absolute Gasteiger partial charge is 0.226 e. The van der Waals surface area contributed by atoms with Crippen molar-refractivity contribution in [1.82, 2.24) is 10.3 Å². The van der Waals surface area contributed by atoms with E-state index >= 15 is 0 Å². The Balaban J connectivity index is 2.30. The van der Waals surface area contributed by atoms with Crippen molar-refractivity contribution >= 4 is 17.2 Å². The fourth-order valence-corrected chi connectivity index (χ4v) is 2.16. The van der Waals surface area contributed by atoms with Gasteiger partial charge in [-0.3, -0.25) is 4.79 Å². The monoisotopic (exact) mass is 257 g/mol. The van der Waals surface area contributed by atoms with Crippen molar-refractivity contribution in [2.45, 2.75) is 19.3 Å². The van der Waals surface area contributed by atoms with Crippen molar-refractivity contribution in [3.8, 4) is 0 Å². The molecule has 0 bridgehead atoms. The number of carbonyl (C=O) groups excluding carboxylic acids is 1. The highest BCUT2D eigenvalue weighted by molar-refractivity contribution is 7.09. The molecule has 1 rings (SSSR count). The molecule has 5 nitrogen and oxygen atoms in total. The van der Waals surface area contributed by atoms with Crippen molar-refractivity contribution in [2.24, 2.45) is 5.73 Å². The van der Waals surface area contributed by atoms with E-state index in [0.717, 1.165) is 23.5 Å². The van der Waals surface area contributed by atoms with Gasteiger partial charge in [0.05, 0.1) is 23.7 Å². The van der Waals surface area contributed by atoms with Gasteiger partial charge < -0.3 is 15.8 Å². The standard InChI is InChI=1S/C11H19N3O2S/c1-16-6-5-13-10(15)7-9-8-17-11(14-9)3-2-4-12/h8H,2-7,12H2,1H3,(H,13,15). The Morgan fingerprint density at radius 3 is 3.18 bits per heavy atom. The average molecular weight is 257 g/mol. The molecule has 6 heteroatoms. The minimum absolute atomic E-state index is 0.0160. The molecule has 0 atom stereocenters. The third-order valence-corrected chi connectivity index (χ3v) is 3.12. The molecule has 0 aliphatic carbocycles. The van der Waals surface area contributed by atoms with Gasteiger partial charge in [0.2, 0.25) is 5.91 Å². The number of nitrogens with two attached hydrogens (primary N) is 1. The first-order valence-corrected chi connectivity index (χ1v) is 6.53. The maximum absolute atomic E-state index is 11.5. The molecule has 3 N–H and O–H groups in total. The van der Waals surface area contributed by atoms with Crippen LogP contribution in [0.15, 0.2) is 5.38 Å².